The smallest absolute Gasteiger partial charge is 0.303 e. The summed E-state index contributed by atoms with van der Waals surface area (Å²) < 4.78 is 12.6. The molecule has 0 aromatic carbocycles. The van der Waals surface area contributed by atoms with Crippen LogP contribution in [0.2, 0.25) is 0 Å². The van der Waals surface area contributed by atoms with Gasteiger partial charge in [0, 0.05) is 0 Å². The molecule has 2 aromatic rings. The first-order valence-corrected chi connectivity index (χ1v) is 5.77. The minimum atomic E-state index is -0.978. The number of ether oxygens (including phenoxy) is 2. The number of hydrogen-bond donors (Lipinski definition) is 3. The number of aromatic amines is 1. The fraction of sp³-hybridized carbons (Fsp3) is 0.500. The number of H-pyrrole nitrogens is 1. The van der Waals surface area contributed by atoms with Gasteiger partial charge in [0.2, 0.25) is 0 Å². The van der Waals surface area contributed by atoms with Gasteiger partial charge in [0.25, 0.3) is 0 Å². The molecule has 2 aliphatic heterocycles. The molecule has 3 N–H and O–H groups in total. The molecule has 4 rings (SSSR count). The summed E-state index contributed by atoms with van der Waals surface area (Å²) in [5.41, 5.74) is 0.263. The van der Waals surface area contributed by atoms with E-state index in [0.717, 1.165) is 0 Å². The van der Waals surface area contributed by atoms with Crippen molar-refractivity contribution in [2.24, 2.45) is 0 Å². The van der Waals surface area contributed by atoms with Gasteiger partial charge in [-0.2, -0.15) is 10.1 Å². The SMILES string of the molecule is O=c1nc2n(c3cn[nH]c13)[C@@H]1O[C@H](CO)[C@@H](O)[C@@H]1O2. The second-order valence-corrected chi connectivity index (χ2v) is 4.52. The van der Waals surface area contributed by atoms with E-state index in [2.05, 4.69) is 15.2 Å². The fourth-order valence-electron chi connectivity index (χ4n) is 2.57. The highest BCUT2D eigenvalue weighted by Crippen LogP contribution is 2.40. The Labute approximate surface area is 105 Å². The second kappa shape index (κ2) is 3.53. The normalized spacial score (nSPS) is 32.3. The number of aliphatic hydroxyl groups is 2. The first-order chi connectivity index (χ1) is 9.20. The van der Waals surface area contributed by atoms with Crippen LogP contribution in [0.3, 0.4) is 0 Å². The lowest BCUT2D eigenvalue weighted by atomic mass is 10.1. The number of hydrogen-bond acceptors (Lipinski definition) is 7. The quantitative estimate of drug-likeness (QED) is 0.552. The minimum absolute atomic E-state index is 0.0874. The third-order valence-electron chi connectivity index (χ3n) is 3.48. The Hall–Kier alpha value is -1.97. The van der Waals surface area contributed by atoms with Crippen molar-refractivity contribution in [1.82, 2.24) is 19.7 Å². The van der Waals surface area contributed by atoms with Crippen LogP contribution < -0.4 is 10.3 Å². The van der Waals surface area contributed by atoms with Crippen molar-refractivity contribution >= 4 is 11.0 Å². The molecule has 0 bridgehead atoms. The monoisotopic (exact) mass is 266 g/mol. The molecule has 4 atom stereocenters. The van der Waals surface area contributed by atoms with Crippen LogP contribution in [0.5, 0.6) is 6.01 Å². The number of nitrogens with zero attached hydrogens (tertiary/aromatic N) is 3. The van der Waals surface area contributed by atoms with E-state index >= 15 is 0 Å². The summed E-state index contributed by atoms with van der Waals surface area (Å²) in [6.07, 6.45) is -1.55. The van der Waals surface area contributed by atoms with Crippen LogP contribution in [-0.2, 0) is 4.74 Å². The van der Waals surface area contributed by atoms with Gasteiger partial charge in [0.05, 0.1) is 18.3 Å². The van der Waals surface area contributed by atoms with E-state index in [1.165, 1.54) is 6.20 Å². The van der Waals surface area contributed by atoms with Crippen LogP contribution in [0, 0.1) is 0 Å². The molecule has 2 aliphatic rings. The molecule has 1 saturated heterocycles. The number of rotatable bonds is 1. The summed E-state index contributed by atoms with van der Waals surface area (Å²) in [7, 11) is 0. The van der Waals surface area contributed by atoms with Crippen LogP contribution in [0.15, 0.2) is 11.0 Å². The maximum atomic E-state index is 11.7. The Morgan fingerprint density at radius 2 is 2.37 bits per heavy atom. The van der Waals surface area contributed by atoms with Gasteiger partial charge in [0.1, 0.15) is 17.7 Å². The van der Waals surface area contributed by atoms with Gasteiger partial charge in [-0.3, -0.25) is 14.5 Å². The van der Waals surface area contributed by atoms with E-state index < -0.39 is 30.1 Å². The molecule has 0 unspecified atom stereocenters. The Kier molecular flexibility index (Phi) is 2.03. The maximum absolute atomic E-state index is 11.7. The average molecular weight is 266 g/mol. The molecule has 2 aromatic heterocycles. The summed E-state index contributed by atoms with van der Waals surface area (Å²) in [6, 6.07) is 0.0874. The predicted octanol–water partition coefficient (Wildman–Crippen LogP) is -1.87. The molecule has 0 saturated carbocycles. The molecule has 0 radical (unpaired) electrons. The first kappa shape index (κ1) is 10.9. The minimum Gasteiger partial charge on any atom is -0.453 e. The molecule has 19 heavy (non-hydrogen) atoms. The van der Waals surface area contributed by atoms with Gasteiger partial charge in [-0.15, -0.1) is 0 Å². The van der Waals surface area contributed by atoms with Gasteiger partial charge in [-0.1, -0.05) is 0 Å². The third kappa shape index (κ3) is 1.26. The van der Waals surface area contributed by atoms with Crippen molar-refractivity contribution < 1.29 is 19.7 Å². The van der Waals surface area contributed by atoms with E-state index in [4.69, 9.17) is 14.6 Å². The van der Waals surface area contributed by atoms with Crippen molar-refractivity contribution in [3.8, 4) is 6.01 Å². The largest absolute Gasteiger partial charge is 0.453 e. The predicted molar refractivity (Wildman–Crippen MR) is 59.6 cm³/mol. The number of fused-ring (bicyclic) bond motifs is 5. The van der Waals surface area contributed by atoms with E-state index in [1.807, 2.05) is 0 Å². The van der Waals surface area contributed by atoms with Crippen molar-refractivity contribution in [2.75, 3.05) is 6.61 Å². The number of aromatic nitrogens is 4. The van der Waals surface area contributed by atoms with Crippen molar-refractivity contribution in [2.45, 2.75) is 24.5 Å². The fourth-order valence-corrected chi connectivity index (χ4v) is 2.57. The molecule has 1 fully saturated rings. The molecule has 0 amide bonds. The number of aliphatic hydroxyl groups excluding tert-OH is 2. The van der Waals surface area contributed by atoms with Gasteiger partial charge in [0.15, 0.2) is 12.3 Å². The summed E-state index contributed by atoms with van der Waals surface area (Å²) >= 11 is 0. The summed E-state index contributed by atoms with van der Waals surface area (Å²) in [4.78, 5) is 15.5. The Morgan fingerprint density at radius 3 is 3.16 bits per heavy atom. The Bertz CT molecular complexity index is 709. The molecule has 9 nitrogen and oxygen atoms in total. The van der Waals surface area contributed by atoms with Crippen molar-refractivity contribution in [1.29, 1.82) is 0 Å². The van der Waals surface area contributed by atoms with E-state index in [9.17, 15) is 9.90 Å². The van der Waals surface area contributed by atoms with Gasteiger partial charge >= 0.3 is 11.6 Å². The zero-order valence-corrected chi connectivity index (χ0v) is 9.55. The highest BCUT2D eigenvalue weighted by atomic mass is 16.6. The molecular weight excluding hydrogens is 256 g/mol. The van der Waals surface area contributed by atoms with Crippen LogP contribution in [0.25, 0.3) is 11.0 Å². The topological polar surface area (TPSA) is 122 Å². The van der Waals surface area contributed by atoms with Crippen LogP contribution in [0.4, 0.5) is 0 Å². The highest BCUT2D eigenvalue weighted by Gasteiger charge is 2.51. The molecule has 9 heteroatoms. The summed E-state index contributed by atoms with van der Waals surface area (Å²) in [5, 5.41) is 25.5. The molecule has 0 aliphatic carbocycles. The molecule has 100 valence electrons. The van der Waals surface area contributed by atoms with Crippen LogP contribution in [0.1, 0.15) is 6.23 Å². The van der Waals surface area contributed by atoms with Gasteiger partial charge in [-0.05, 0) is 0 Å². The molecule has 0 spiro atoms. The highest BCUT2D eigenvalue weighted by molar-refractivity contribution is 5.73. The number of nitrogens with one attached hydrogen (secondary N) is 1. The van der Waals surface area contributed by atoms with Crippen molar-refractivity contribution in [3.63, 3.8) is 0 Å². The first-order valence-electron chi connectivity index (χ1n) is 5.77. The lowest BCUT2D eigenvalue weighted by Gasteiger charge is -2.14. The standard InChI is InChI=1S/C10H10N4O5/c15-2-4-6(16)7-9(18-4)14-3-1-11-13-5(3)8(17)12-10(14)19-7/h1,4,6-7,9,15-16H,2H2,(H,11,13)/t4-,6-,7+,9-/m1/s1. The lowest BCUT2D eigenvalue weighted by Crippen LogP contribution is -2.34. The molecular formula is C10H10N4O5. The van der Waals surface area contributed by atoms with Crippen LogP contribution >= 0.6 is 0 Å². The van der Waals surface area contributed by atoms with E-state index in [0.29, 0.717) is 5.52 Å². The Morgan fingerprint density at radius 1 is 1.53 bits per heavy atom. The van der Waals surface area contributed by atoms with E-state index in [-0.39, 0.29) is 18.1 Å². The third-order valence-corrected chi connectivity index (χ3v) is 3.48. The lowest BCUT2D eigenvalue weighted by molar-refractivity contribution is -0.0421. The molecule has 4 heterocycles. The van der Waals surface area contributed by atoms with Gasteiger partial charge < -0.3 is 19.7 Å². The Balaban J connectivity index is 1.92. The zero-order valence-electron chi connectivity index (χ0n) is 9.55. The van der Waals surface area contributed by atoms with E-state index in [1.54, 1.807) is 4.57 Å². The zero-order chi connectivity index (χ0) is 13.1. The summed E-state index contributed by atoms with van der Waals surface area (Å²) in [6.45, 7) is -0.310. The summed E-state index contributed by atoms with van der Waals surface area (Å²) in [5.74, 6) is 0. The average Bonchev–Trinajstić information content (AvgIpc) is 3.04. The second-order valence-electron chi connectivity index (χ2n) is 4.52. The van der Waals surface area contributed by atoms with Crippen molar-refractivity contribution in [3.05, 3.63) is 16.6 Å². The van der Waals surface area contributed by atoms with Crippen LogP contribution in [-0.4, -0.2) is 54.9 Å². The maximum Gasteiger partial charge on any atom is 0.303 e. The van der Waals surface area contributed by atoms with Gasteiger partial charge in [-0.25, -0.2) is 0 Å².